The van der Waals surface area contributed by atoms with Gasteiger partial charge in [-0.3, -0.25) is 0 Å². The first-order valence-electron chi connectivity index (χ1n) is 10.3. The summed E-state index contributed by atoms with van der Waals surface area (Å²) >= 11 is 0. The third-order valence-electron chi connectivity index (χ3n) is 6.28. The maximum absolute atomic E-state index is 14.8. The highest BCUT2D eigenvalue weighted by Gasteiger charge is 2.21. The average molecular weight is 356 g/mol. The van der Waals surface area contributed by atoms with Gasteiger partial charge in [-0.1, -0.05) is 67.1 Å². The SMILES string of the molecule is Fc1cc(-c2ccc(CC3CC3)cc2)ccc1-c1ccc(C2CCC2)cc1. The molecule has 0 radical (unpaired) electrons. The molecule has 0 aliphatic heterocycles. The summed E-state index contributed by atoms with van der Waals surface area (Å²) < 4.78 is 14.8. The van der Waals surface area contributed by atoms with Gasteiger partial charge in [0, 0.05) is 5.56 Å². The Labute approximate surface area is 161 Å². The zero-order valence-corrected chi connectivity index (χ0v) is 15.6. The highest BCUT2D eigenvalue weighted by atomic mass is 19.1. The van der Waals surface area contributed by atoms with Crippen LogP contribution in [0.3, 0.4) is 0 Å². The lowest BCUT2D eigenvalue weighted by Crippen LogP contribution is -2.08. The predicted octanol–water partition coefficient (Wildman–Crippen LogP) is 7.38. The summed E-state index contributed by atoms with van der Waals surface area (Å²) in [5, 5.41) is 0. The van der Waals surface area contributed by atoms with Gasteiger partial charge in [0.2, 0.25) is 0 Å². The number of halogens is 1. The molecular weight excluding hydrogens is 331 g/mol. The minimum atomic E-state index is -0.147. The fourth-order valence-corrected chi connectivity index (χ4v) is 4.09. The minimum Gasteiger partial charge on any atom is -0.206 e. The first kappa shape index (κ1) is 16.7. The lowest BCUT2D eigenvalue weighted by atomic mass is 9.80. The van der Waals surface area contributed by atoms with Crippen molar-refractivity contribution in [2.24, 2.45) is 5.92 Å². The van der Waals surface area contributed by atoms with E-state index in [2.05, 4.69) is 48.5 Å². The lowest BCUT2D eigenvalue weighted by Gasteiger charge is -2.25. The van der Waals surface area contributed by atoms with Crippen molar-refractivity contribution in [3.63, 3.8) is 0 Å². The van der Waals surface area contributed by atoms with Crippen LogP contribution >= 0.6 is 0 Å². The molecule has 0 heterocycles. The third kappa shape index (κ3) is 3.56. The molecule has 0 aromatic heterocycles. The normalized spacial score (nSPS) is 16.9. The Morgan fingerprint density at radius 3 is 1.96 bits per heavy atom. The van der Waals surface area contributed by atoms with Gasteiger partial charge in [-0.25, -0.2) is 4.39 Å². The van der Waals surface area contributed by atoms with Gasteiger partial charge in [0.05, 0.1) is 0 Å². The predicted molar refractivity (Wildman–Crippen MR) is 110 cm³/mol. The van der Waals surface area contributed by atoms with Crippen LogP contribution in [0.25, 0.3) is 22.3 Å². The van der Waals surface area contributed by atoms with Crippen LogP contribution in [0.15, 0.2) is 66.7 Å². The van der Waals surface area contributed by atoms with Crippen molar-refractivity contribution in [1.82, 2.24) is 0 Å². The molecule has 3 aromatic rings. The van der Waals surface area contributed by atoms with Crippen molar-refractivity contribution in [2.45, 2.75) is 44.4 Å². The monoisotopic (exact) mass is 356 g/mol. The van der Waals surface area contributed by atoms with Gasteiger partial charge >= 0.3 is 0 Å². The Bertz CT molecular complexity index is 929. The summed E-state index contributed by atoms with van der Waals surface area (Å²) in [6.45, 7) is 0. The van der Waals surface area contributed by atoms with Gasteiger partial charge in [0.25, 0.3) is 0 Å². The second-order valence-corrected chi connectivity index (χ2v) is 8.29. The van der Waals surface area contributed by atoms with E-state index < -0.39 is 0 Å². The third-order valence-corrected chi connectivity index (χ3v) is 6.28. The number of hydrogen-bond acceptors (Lipinski definition) is 0. The molecule has 2 fully saturated rings. The van der Waals surface area contributed by atoms with E-state index in [0.29, 0.717) is 11.5 Å². The van der Waals surface area contributed by atoms with Crippen LogP contribution in [0, 0.1) is 11.7 Å². The van der Waals surface area contributed by atoms with Crippen LogP contribution in [0.5, 0.6) is 0 Å². The molecule has 0 saturated heterocycles. The van der Waals surface area contributed by atoms with E-state index >= 15 is 0 Å². The molecule has 136 valence electrons. The van der Waals surface area contributed by atoms with Crippen molar-refractivity contribution in [1.29, 1.82) is 0 Å². The summed E-state index contributed by atoms with van der Waals surface area (Å²) in [6, 6.07) is 22.7. The summed E-state index contributed by atoms with van der Waals surface area (Å²) in [5.41, 5.74) is 6.46. The summed E-state index contributed by atoms with van der Waals surface area (Å²) in [4.78, 5) is 0. The fraction of sp³-hybridized carbons (Fsp3) is 0.308. The van der Waals surface area contributed by atoms with Gasteiger partial charge in [-0.05, 0) is 77.8 Å². The quantitative estimate of drug-likeness (QED) is 0.447. The zero-order chi connectivity index (χ0) is 18.2. The van der Waals surface area contributed by atoms with Crippen molar-refractivity contribution in [2.75, 3.05) is 0 Å². The summed E-state index contributed by atoms with van der Waals surface area (Å²) in [6.07, 6.45) is 7.85. The second-order valence-electron chi connectivity index (χ2n) is 8.29. The lowest BCUT2D eigenvalue weighted by molar-refractivity contribution is 0.420. The van der Waals surface area contributed by atoms with E-state index in [9.17, 15) is 4.39 Å². The van der Waals surface area contributed by atoms with Crippen LogP contribution in [0.4, 0.5) is 4.39 Å². The van der Waals surface area contributed by atoms with Crippen molar-refractivity contribution in [3.05, 3.63) is 83.7 Å². The average Bonchev–Trinajstić information content (AvgIpc) is 3.46. The molecule has 0 spiro atoms. The topological polar surface area (TPSA) is 0 Å². The highest BCUT2D eigenvalue weighted by molar-refractivity contribution is 5.71. The van der Waals surface area contributed by atoms with Crippen LogP contribution in [-0.4, -0.2) is 0 Å². The van der Waals surface area contributed by atoms with Crippen LogP contribution in [0.1, 0.15) is 49.1 Å². The van der Waals surface area contributed by atoms with Gasteiger partial charge in [-0.2, -0.15) is 0 Å². The van der Waals surface area contributed by atoms with Gasteiger partial charge in [0.1, 0.15) is 5.82 Å². The molecule has 3 aromatic carbocycles. The Kier molecular flexibility index (Phi) is 4.32. The molecule has 2 aliphatic rings. The van der Waals surface area contributed by atoms with Crippen LogP contribution < -0.4 is 0 Å². The van der Waals surface area contributed by atoms with Crippen LogP contribution in [0.2, 0.25) is 0 Å². The van der Waals surface area contributed by atoms with E-state index in [4.69, 9.17) is 0 Å². The second kappa shape index (κ2) is 6.96. The molecule has 0 nitrogen and oxygen atoms in total. The molecule has 0 amide bonds. The number of rotatable bonds is 5. The highest BCUT2D eigenvalue weighted by Crippen LogP contribution is 2.37. The van der Waals surface area contributed by atoms with E-state index in [0.717, 1.165) is 22.6 Å². The zero-order valence-electron chi connectivity index (χ0n) is 15.6. The molecule has 2 aliphatic carbocycles. The fourth-order valence-electron chi connectivity index (χ4n) is 4.09. The maximum Gasteiger partial charge on any atom is 0.131 e. The molecule has 0 unspecified atom stereocenters. The van der Waals surface area contributed by atoms with E-state index in [1.54, 1.807) is 6.07 Å². The minimum absolute atomic E-state index is 0.147. The van der Waals surface area contributed by atoms with E-state index in [1.165, 1.54) is 49.7 Å². The van der Waals surface area contributed by atoms with Gasteiger partial charge in [-0.15, -0.1) is 0 Å². The first-order chi connectivity index (χ1) is 13.3. The van der Waals surface area contributed by atoms with Gasteiger partial charge < -0.3 is 0 Å². The van der Waals surface area contributed by atoms with Crippen LogP contribution in [-0.2, 0) is 6.42 Å². The van der Waals surface area contributed by atoms with Crippen molar-refractivity contribution in [3.8, 4) is 22.3 Å². The molecular formula is C26H25F. The number of benzene rings is 3. The Balaban J connectivity index is 1.36. The largest absolute Gasteiger partial charge is 0.206 e. The number of hydrogen-bond donors (Lipinski definition) is 0. The Hall–Kier alpha value is -2.41. The molecule has 0 N–H and O–H groups in total. The summed E-state index contributed by atoms with van der Waals surface area (Å²) in [5.74, 6) is 1.46. The molecule has 5 rings (SSSR count). The van der Waals surface area contributed by atoms with Crippen molar-refractivity contribution < 1.29 is 4.39 Å². The molecule has 27 heavy (non-hydrogen) atoms. The smallest absolute Gasteiger partial charge is 0.131 e. The Morgan fingerprint density at radius 1 is 0.704 bits per heavy atom. The molecule has 0 bridgehead atoms. The van der Waals surface area contributed by atoms with E-state index in [-0.39, 0.29) is 5.82 Å². The standard InChI is InChI=1S/C26H25F/c27-26-17-24(22-8-6-19(7-9-22)16-18-4-5-18)14-15-25(26)23-12-10-21(11-13-23)20-2-1-3-20/h6-15,17-18,20H,1-5,16H2. The molecule has 2 saturated carbocycles. The van der Waals surface area contributed by atoms with Crippen molar-refractivity contribution >= 4 is 0 Å². The van der Waals surface area contributed by atoms with E-state index in [1.807, 2.05) is 12.1 Å². The first-order valence-corrected chi connectivity index (χ1v) is 10.3. The molecule has 0 atom stereocenters. The van der Waals surface area contributed by atoms with Gasteiger partial charge in [0.15, 0.2) is 0 Å². The summed E-state index contributed by atoms with van der Waals surface area (Å²) in [7, 11) is 0. The Morgan fingerprint density at radius 2 is 1.37 bits per heavy atom. The molecule has 1 heteroatoms. The maximum atomic E-state index is 14.8.